The van der Waals surface area contributed by atoms with Crippen molar-refractivity contribution in [3.8, 4) is 11.6 Å². The second kappa shape index (κ2) is 6.19. The fourth-order valence-electron chi connectivity index (χ4n) is 1.46. The molecule has 0 bridgehead atoms. The molecule has 0 unspecified atom stereocenters. The number of aromatic nitrogens is 2. The van der Waals surface area contributed by atoms with Crippen LogP contribution in [0.25, 0.3) is 0 Å². The van der Waals surface area contributed by atoms with E-state index in [9.17, 15) is 8.78 Å². The molecule has 0 amide bonds. The van der Waals surface area contributed by atoms with Crippen molar-refractivity contribution in [2.24, 2.45) is 0 Å². The predicted octanol–water partition coefficient (Wildman–Crippen LogP) is 2.66. The van der Waals surface area contributed by atoms with E-state index in [2.05, 4.69) is 15.5 Å². The highest BCUT2D eigenvalue weighted by Crippen LogP contribution is 2.21. The van der Waals surface area contributed by atoms with Crippen LogP contribution in [0.2, 0.25) is 0 Å². The van der Waals surface area contributed by atoms with Crippen LogP contribution in [-0.4, -0.2) is 16.7 Å². The van der Waals surface area contributed by atoms with Gasteiger partial charge in [-0.05, 0) is 12.6 Å². The fourth-order valence-corrected chi connectivity index (χ4v) is 1.46. The number of nitrogens with one attached hydrogen (secondary N) is 1. The third-order valence-corrected chi connectivity index (χ3v) is 2.31. The quantitative estimate of drug-likeness (QED) is 0.902. The maximum atomic E-state index is 13.0. The Morgan fingerprint density at radius 2 is 1.84 bits per heavy atom. The molecule has 1 N–H and O–H groups in total. The van der Waals surface area contributed by atoms with Gasteiger partial charge in [-0.3, -0.25) is 0 Å². The Labute approximate surface area is 109 Å². The van der Waals surface area contributed by atoms with Crippen molar-refractivity contribution in [3.63, 3.8) is 0 Å². The van der Waals surface area contributed by atoms with Crippen molar-refractivity contribution in [1.29, 1.82) is 0 Å². The second-order valence-electron chi connectivity index (χ2n) is 3.85. The topological polar surface area (TPSA) is 47.0 Å². The van der Waals surface area contributed by atoms with Gasteiger partial charge in [-0.2, -0.15) is 5.10 Å². The Hall–Kier alpha value is -2.08. The van der Waals surface area contributed by atoms with Gasteiger partial charge in [0.05, 0.1) is 5.69 Å². The smallest absolute Gasteiger partial charge is 0.238 e. The van der Waals surface area contributed by atoms with Crippen LogP contribution >= 0.6 is 0 Å². The lowest BCUT2D eigenvalue weighted by Gasteiger charge is -2.05. The highest BCUT2D eigenvalue weighted by Gasteiger charge is 2.04. The molecule has 0 radical (unpaired) electrons. The van der Waals surface area contributed by atoms with Crippen LogP contribution in [0.3, 0.4) is 0 Å². The Balaban J connectivity index is 2.06. The van der Waals surface area contributed by atoms with Crippen LogP contribution in [0, 0.1) is 11.6 Å². The second-order valence-corrected chi connectivity index (χ2v) is 3.85. The Kier molecular flexibility index (Phi) is 4.35. The maximum absolute atomic E-state index is 13.0. The van der Waals surface area contributed by atoms with Crippen LogP contribution in [0.15, 0.2) is 30.3 Å². The van der Waals surface area contributed by atoms with Crippen LogP contribution in [0.5, 0.6) is 11.6 Å². The molecular formula is C13H13F2N3O. The highest BCUT2D eigenvalue weighted by molar-refractivity contribution is 5.28. The normalized spacial score (nSPS) is 10.5. The summed E-state index contributed by atoms with van der Waals surface area (Å²) < 4.78 is 31.2. The van der Waals surface area contributed by atoms with Gasteiger partial charge in [-0.25, -0.2) is 8.78 Å². The van der Waals surface area contributed by atoms with E-state index in [0.29, 0.717) is 6.54 Å². The standard InChI is InChI=1S/C13H13F2N3O/c1-2-16-8-11-3-4-13(18-17-11)19-12-6-9(14)5-10(15)7-12/h3-7,16H,2,8H2,1H3. The first kappa shape index (κ1) is 13.4. The Morgan fingerprint density at radius 3 is 2.42 bits per heavy atom. The summed E-state index contributed by atoms with van der Waals surface area (Å²) in [6, 6.07) is 6.27. The molecular weight excluding hydrogens is 252 g/mol. The summed E-state index contributed by atoms with van der Waals surface area (Å²) in [5.74, 6) is -1.17. The van der Waals surface area contributed by atoms with Crippen molar-refractivity contribution in [2.75, 3.05) is 6.54 Å². The molecule has 0 fully saturated rings. The van der Waals surface area contributed by atoms with Gasteiger partial charge in [-0.15, -0.1) is 5.10 Å². The third kappa shape index (κ3) is 3.96. The van der Waals surface area contributed by atoms with Crippen molar-refractivity contribution in [2.45, 2.75) is 13.5 Å². The van der Waals surface area contributed by atoms with Crippen LogP contribution in [0.4, 0.5) is 8.78 Å². The summed E-state index contributed by atoms with van der Waals surface area (Å²) in [4.78, 5) is 0. The van der Waals surface area contributed by atoms with E-state index in [0.717, 1.165) is 30.4 Å². The molecule has 19 heavy (non-hydrogen) atoms. The SMILES string of the molecule is CCNCc1ccc(Oc2cc(F)cc(F)c2)nn1. The predicted molar refractivity (Wildman–Crippen MR) is 65.8 cm³/mol. The summed E-state index contributed by atoms with van der Waals surface area (Å²) >= 11 is 0. The van der Waals surface area contributed by atoms with Gasteiger partial charge in [0.1, 0.15) is 17.4 Å². The summed E-state index contributed by atoms with van der Waals surface area (Å²) in [5, 5.41) is 10.9. The molecule has 1 aromatic carbocycles. The zero-order chi connectivity index (χ0) is 13.7. The molecule has 6 heteroatoms. The van der Waals surface area contributed by atoms with Gasteiger partial charge in [0.2, 0.25) is 5.88 Å². The lowest BCUT2D eigenvalue weighted by Crippen LogP contribution is -2.13. The van der Waals surface area contributed by atoms with Crippen molar-refractivity contribution >= 4 is 0 Å². The molecule has 0 atom stereocenters. The first-order valence-corrected chi connectivity index (χ1v) is 5.84. The minimum absolute atomic E-state index is 0.0474. The average molecular weight is 265 g/mol. The monoisotopic (exact) mass is 265 g/mol. The summed E-state index contributed by atoms with van der Waals surface area (Å²) in [5.41, 5.74) is 0.764. The summed E-state index contributed by atoms with van der Waals surface area (Å²) in [7, 11) is 0. The van der Waals surface area contributed by atoms with E-state index >= 15 is 0 Å². The number of benzene rings is 1. The molecule has 1 aromatic heterocycles. The largest absolute Gasteiger partial charge is 0.437 e. The molecule has 0 aliphatic carbocycles. The van der Waals surface area contributed by atoms with Gasteiger partial charge >= 0.3 is 0 Å². The van der Waals surface area contributed by atoms with Gasteiger partial charge in [0.15, 0.2) is 0 Å². The molecule has 4 nitrogen and oxygen atoms in total. The van der Waals surface area contributed by atoms with Gasteiger partial charge < -0.3 is 10.1 Å². The number of ether oxygens (including phenoxy) is 1. The molecule has 2 aromatic rings. The zero-order valence-electron chi connectivity index (χ0n) is 10.4. The van der Waals surface area contributed by atoms with Crippen molar-refractivity contribution in [1.82, 2.24) is 15.5 Å². The number of rotatable bonds is 5. The van der Waals surface area contributed by atoms with E-state index in [-0.39, 0.29) is 11.6 Å². The molecule has 0 aliphatic rings. The minimum Gasteiger partial charge on any atom is -0.437 e. The van der Waals surface area contributed by atoms with Crippen molar-refractivity contribution < 1.29 is 13.5 Å². The lowest BCUT2D eigenvalue weighted by molar-refractivity contribution is 0.443. The maximum Gasteiger partial charge on any atom is 0.238 e. The summed E-state index contributed by atoms with van der Waals surface area (Å²) in [6.07, 6.45) is 0. The molecule has 0 saturated heterocycles. The summed E-state index contributed by atoms with van der Waals surface area (Å²) in [6.45, 7) is 3.43. The highest BCUT2D eigenvalue weighted by atomic mass is 19.1. The van der Waals surface area contributed by atoms with E-state index in [4.69, 9.17) is 4.74 Å². The molecule has 0 spiro atoms. The van der Waals surface area contributed by atoms with E-state index in [1.165, 1.54) is 0 Å². The third-order valence-electron chi connectivity index (χ3n) is 2.31. The van der Waals surface area contributed by atoms with Gasteiger partial charge in [0.25, 0.3) is 0 Å². The van der Waals surface area contributed by atoms with Crippen molar-refractivity contribution in [3.05, 3.63) is 47.7 Å². The first-order valence-electron chi connectivity index (χ1n) is 5.84. The number of nitrogens with zero attached hydrogens (tertiary/aromatic N) is 2. The van der Waals surface area contributed by atoms with Gasteiger partial charge in [0, 0.05) is 30.8 Å². The molecule has 0 saturated carbocycles. The van der Waals surface area contributed by atoms with Crippen LogP contribution in [0.1, 0.15) is 12.6 Å². The van der Waals surface area contributed by atoms with E-state index in [1.54, 1.807) is 12.1 Å². The molecule has 100 valence electrons. The van der Waals surface area contributed by atoms with E-state index < -0.39 is 11.6 Å². The zero-order valence-corrected chi connectivity index (χ0v) is 10.4. The first-order chi connectivity index (χ1) is 9.17. The molecule has 1 heterocycles. The minimum atomic E-state index is -0.702. The Bertz CT molecular complexity index is 526. The molecule has 0 aliphatic heterocycles. The average Bonchev–Trinajstić information content (AvgIpc) is 2.37. The number of hydrogen-bond donors (Lipinski definition) is 1. The van der Waals surface area contributed by atoms with Crippen LogP contribution in [-0.2, 0) is 6.54 Å². The van der Waals surface area contributed by atoms with E-state index in [1.807, 2.05) is 6.92 Å². The van der Waals surface area contributed by atoms with Crippen LogP contribution < -0.4 is 10.1 Å². The van der Waals surface area contributed by atoms with Gasteiger partial charge in [-0.1, -0.05) is 6.92 Å². The lowest BCUT2D eigenvalue weighted by atomic mass is 10.3. The number of halogens is 2. The Morgan fingerprint density at radius 1 is 1.11 bits per heavy atom. The fraction of sp³-hybridized carbons (Fsp3) is 0.231. The molecule has 2 rings (SSSR count). The number of hydrogen-bond acceptors (Lipinski definition) is 4.